The summed E-state index contributed by atoms with van der Waals surface area (Å²) in [7, 11) is 8.41. The Bertz CT molecular complexity index is 1290. The number of rotatable bonds is 5. The molecule has 2 fully saturated rings. The molecule has 3 atom stereocenters. The van der Waals surface area contributed by atoms with Gasteiger partial charge in [0.2, 0.25) is 0 Å². The van der Waals surface area contributed by atoms with E-state index in [-0.39, 0.29) is 0 Å². The fourth-order valence-electron chi connectivity index (χ4n) is 8.46. The number of likely N-dealkylation sites (N-methyl/N-ethyl adjacent to an activating group) is 1. The molecule has 0 unspecified atom stereocenters. The third-order valence-electron chi connectivity index (χ3n) is 10.5. The largest absolute Gasteiger partial charge is 0.497 e. The number of anilines is 2. The average molecular weight is 552 g/mol. The summed E-state index contributed by atoms with van der Waals surface area (Å²) in [6.45, 7) is 3.46. The second-order valence-corrected chi connectivity index (χ2v) is 13.1. The molecule has 218 valence electrons. The number of nitrogens with zero attached hydrogens (tertiary/aromatic N) is 3. The van der Waals surface area contributed by atoms with Crippen LogP contribution in [0.4, 0.5) is 11.4 Å². The SMILES string of the molecule is CN(C)CCCN1c2ccccc2CCc2ccccc21.COc1ccc2c(c1)[C@]13CCCC[C@@H]1[C@H](C2)N(C)CC3. The van der Waals surface area contributed by atoms with Crippen molar-refractivity contribution in [1.29, 1.82) is 0 Å². The molecule has 7 rings (SSSR count). The lowest BCUT2D eigenvalue weighted by Crippen LogP contribution is -2.59. The van der Waals surface area contributed by atoms with Crippen molar-refractivity contribution in [2.24, 2.45) is 5.92 Å². The van der Waals surface area contributed by atoms with E-state index in [1.54, 1.807) is 18.2 Å². The van der Waals surface area contributed by atoms with Crippen molar-refractivity contribution < 1.29 is 4.74 Å². The molecule has 1 saturated heterocycles. The summed E-state index contributed by atoms with van der Waals surface area (Å²) < 4.78 is 5.51. The summed E-state index contributed by atoms with van der Waals surface area (Å²) >= 11 is 0. The van der Waals surface area contributed by atoms with Gasteiger partial charge >= 0.3 is 0 Å². The first-order valence-corrected chi connectivity index (χ1v) is 16.0. The van der Waals surface area contributed by atoms with E-state index in [4.69, 9.17) is 4.74 Å². The van der Waals surface area contributed by atoms with Crippen molar-refractivity contribution in [3.8, 4) is 5.75 Å². The molecule has 3 aromatic carbocycles. The van der Waals surface area contributed by atoms with Crippen LogP contribution in [0.1, 0.15) is 60.8 Å². The van der Waals surface area contributed by atoms with Crippen molar-refractivity contribution in [1.82, 2.24) is 9.80 Å². The molecule has 4 heteroatoms. The number of ether oxygens (including phenoxy) is 1. The van der Waals surface area contributed by atoms with Crippen LogP contribution in [-0.4, -0.2) is 63.7 Å². The van der Waals surface area contributed by atoms with E-state index in [0.29, 0.717) is 5.41 Å². The van der Waals surface area contributed by atoms with Crippen LogP contribution in [0.15, 0.2) is 66.7 Å². The van der Waals surface area contributed by atoms with Crippen LogP contribution in [-0.2, 0) is 24.7 Å². The minimum Gasteiger partial charge on any atom is -0.497 e. The highest BCUT2D eigenvalue weighted by Crippen LogP contribution is 2.55. The monoisotopic (exact) mass is 551 g/mol. The van der Waals surface area contributed by atoms with Gasteiger partial charge in [0, 0.05) is 29.4 Å². The Hall–Kier alpha value is -2.82. The van der Waals surface area contributed by atoms with Gasteiger partial charge in [0.1, 0.15) is 5.75 Å². The zero-order chi connectivity index (χ0) is 28.4. The highest BCUT2D eigenvalue weighted by molar-refractivity contribution is 5.71. The summed E-state index contributed by atoms with van der Waals surface area (Å²) in [6.07, 6.45) is 11.7. The zero-order valence-electron chi connectivity index (χ0n) is 25.7. The van der Waals surface area contributed by atoms with Gasteiger partial charge in [-0.25, -0.2) is 0 Å². The molecule has 0 amide bonds. The topological polar surface area (TPSA) is 19.0 Å². The van der Waals surface area contributed by atoms with E-state index < -0.39 is 0 Å². The Balaban J connectivity index is 0.000000148. The number of likely N-dealkylation sites (tertiary alicyclic amines) is 1. The third kappa shape index (κ3) is 5.53. The van der Waals surface area contributed by atoms with Gasteiger partial charge in [-0.1, -0.05) is 55.3 Å². The minimum atomic E-state index is 0.456. The maximum absolute atomic E-state index is 5.51. The second kappa shape index (κ2) is 12.2. The van der Waals surface area contributed by atoms with E-state index in [9.17, 15) is 0 Å². The summed E-state index contributed by atoms with van der Waals surface area (Å²) in [6, 6.07) is 25.3. The fraction of sp³-hybridized carbons (Fsp3) is 0.514. The molecule has 3 aromatic rings. The quantitative estimate of drug-likeness (QED) is 0.332. The molecule has 4 aliphatic rings. The molecule has 2 aliphatic carbocycles. The van der Waals surface area contributed by atoms with E-state index in [2.05, 4.69) is 103 Å². The summed E-state index contributed by atoms with van der Waals surface area (Å²) in [4.78, 5) is 7.40. The lowest BCUT2D eigenvalue weighted by atomic mass is 9.52. The number of fused-ring (bicyclic) bond motifs is 3. The highest BCUT2D eigenvalue weighted by atomic mass is 16.5. The van der Waals surface area contributed by atoms with Crippen molar-refractivity contribution in [3.05, 3.63) is 89.0 Å². The molecule has 4 nitrogen and oxygen atoms in total. The van der Waals surface area contributed by atoms with Crippen LogP contribution >= 0.6 is 0 Å². The third-order valence-corrected chi connectivity index (χ3v) is 10.5. The molecule has 2 aliphatic heterocycles. The van der Waals surface area contributed by atoms with Gasteiger partial charge in [0.05, 0.1) is 7.11 Å². The Kier molecular flexibility index (Phi) is 8.42. The van der Waals surface area contributed by atoms with Crippen molar-refractivity contribution >= 4 is 11.4 Å². The molecule has 2 bridgehead atoms. The lowest BCUT2D eigenvalue weighted by Gasteiger charge is -2.58. The highest BCUT2D eigenvalue weighted by Gasteiger charge is 2.53. The van der Waals surface area contributed by atoms with Crippen LogP contribution in [0, 0.1) is 5.92 Å². The predicted octanol–water partition coefficient (Wildman–Crippen LogP) is 7.26. The van der Waals surface area contributed by atoms with Crippen molar-refractivity contribution in [2.45, 2.75) is 69.2 Å². The fourth-order valence-corrected chi connectivity index (χ4v) is 8.46. The Morgan fingerprint density at radius 1 is 0.878 bits per heavy atom. The summed E-state index contributed by atoms with van der Waals surface area (Å²) in [5.74, 6) is 1.91. The number of hydrogen-bond acceptors (Lipinski definition) is 4. The molecule has 0 spiro atoms. The van der Waals surface area contributed by atoms with Crippen LogP contribution in [0.3, 0.4) is 0 Å². The van der Waals surface area contributed by atoms with Gasteiger partial charge in [-0.15, -0.1) is 0 Å². The van der Waals surface area contributed by atoms with Gasteiger partial charge in [-0.2, -0.15) is 0 Å². The molecular weight excluding hydrogens is 502 g/mol. The lowest BCUT2D eigenvalue weighted by molar-refractivity contribution is 0.00274. The molecule has 0 aromatic heterocycles. The number of para-hydroxylation sites is 2. The first-order chi connectivity index (χ1) is 20.0. The van der Waals surface area contributed by atoms with Crippen LogP contribution in [0.5, 0.6) is 5.75 Å². The molecule has 0 radical (unpaired) electrons. The van der Waals surface area contributed by atoms with Gasteiger partial charge in [-0.05, 0) is 132 Å². The maximum Gasteiger partial charge on any atom is 0.119 e. The van der Waals surface area contributed by atoms with Crippen LogP contribution in [0.25, 0.3) is 0 Å². The van der Waals surface area contributed by atoms with E-state index in [1.165, 1.54) is 74.0 Å². The molecule has 2 heterocycles. The molecule has 41 heavy (non-hydrogen) atoms. The minimum absolute atomic E-state index is 0.456. The van der Waals surface area contributed by atoms with Crippen LogP contribution in [0.2, 0.25) is 0 Å². The van der Waals surface area contributed by atoms with Crippen LogP contribution < -0.4 is 9.64 Å². The number of piperidine rings is 1. The Labute approximate surface area is 248 Å². The zero-order valence-corrected chi connectivity index (χ0v) is 25.7. The Morgan fingerprint density at radius 3 is 2.27 bits per heavy atom. The first kappa shape index (κ1) is 28.3. The standard InChI is InChI=1S/C19H24N2.C18H25NO/c1-20(2)14-7-15-21-18-10-5-3-8-16(18)12-13-17-9-4-6-11-19(17)21;1-19-10-9-18-8-4-3-5-15(18)17(19)11-13-6-7-14(20-2)12-16(13)18/h3-6,8-11H,7,12-15H2,1-2H3;6-7,12,15,17H,3-5,8-11H2,1-2H3/t;15-,17+,18+/m.1/s1. The van der Waals surface area contributed by atoms with Crippen molar-refractivity contribution in [3.63, 3.8) is 0 Å². The van der Waals surface area contributed by atoms with Gasteiger partial charge in [0.15, 0.2) is 0 Å². The van der Waals surface area contributed by atoms with E-state index in [1.807, 2.05) is 0 Å². The molecule has 1 saturated carbocycles. The summed E-state index contributed by atoms with van der Waals surface area (Å²) in [5, 5.41) is 0. The number of hydrogen-bond donors (Lipinski definition) is 0. The number of benzene rings is 3. The van der Waals surface area contributed by atoms with Gasteiger partial charge in [0.25, 0.3) is 0 Å². The number of methoxy groups -OCH3 is 1. The Morgan fingerprint density at radius 2 is 1.59 bits per heavy atom. The first-order valence-electron chi connectivity index (χ1n) is 16.0. The second-order valence-electron chi connectivity index (χ2n) is 13.1. The maximum atomic E-state index is 5.51. The number of aryl methyl sites for hydroxylation is 2. The normalized spacial score (nSPS) is 24.7. The summed E-state index contributed by atoms with van der Waals surface area (Å²) in [5.41, 5.74) is 9.39. The van der Waals surface area contributed by atoms with Crippen molar-refractivity contribution in [2.75, 3.05) is 52.8 Å². The van der Waals surface area contributed by atoms with E-state index >= 15 is 0 Å². The molecular formula is C37H49N3O. The smallest absolute Gasteiger partial charge is 0.119 e. The van der Waals surface area contributed by atoms with Gasteiger partial charge in [-0.3, -0.25) is 0 Å². The predicted molar refractivity (Wildman–Crippen MR) is 172 cm³/mol. The van der Waals surface area contributed by atoms with E-state index in [0.717, 1.165) is 43.6 Å². The average Bonchev–Trinajstić information content (AvgIpc) is 3.16. The molecule has 0 N–H and O–H groups in total. The van der Waals surface area contributed by atoms with Gasteiger partial charge < -0.3 is 19.4 Å².